The first-order valence-corrected chi connectivity index (χ1v) is 6.51. The van der Waals surface area contributed by atoms with Gasteiger partial charge >= 0.3 is 30.2 Å². The fourth-order valence-corrected chi connectivity index (χ4v) is 2.09. The number of halogens is 8. The van der Waals surface area contributed by atoms with E-state index in [1.165, 1.54) is 0 Å². The molecule has 0 saturated heterocycles. The minimum absolute atomic E-state index is 0.313. The molecule has 0 aromatic rings. The number of rotatable bonds is 6. The lowest BCUT2D eigenvalue weighted by molar-refractivity contribution is -0.344. The number of esters is 1. The molecule has 0 spiro atoms. The van der Waals surface area contributed by atoms with Crippen molar-refractivity contribution < 1.29 is 44.7 Å². The molecule has 0 aliphatic heterocycles. The molecule has 1 aliphatic carbocycles. The minimum Gasteiger partial charge on any atom is -0.459 e. The van der Waals surface area contributed by atoms with Gasteiger partial charge in [-0.25, -0.2) is 8.78 Å². The molecule has 0 N–H and O–H groups in total. The van der Waals surface area contributed by atoms with Crippen LogP contribution in [-0.2, 0) is 9.53 Å². The topological polar surface area (TPSA) is 26.3 Å². The van der Waals surface area contributed by atoms with Crippen LogP contribution in [0.15, 0.2) is 0 Å². The first-order chi connectivity index (χ1) is 9.93. The summed E-state index contributed by atoms with van der Waals surface area (Å²) >= 11 is 0. The summed E-state index contributed by atoms with van der Waals surface area (Å²) in [6, 6.07) is 0. The Morgan fingerprint density at radius 2 is 1.50 bits per heavy atom. The molecule has 0 atom stereocenters. The Balaban J connectivity index is 2.71. The standard InChI is InChI=1S/C12H14F8O2/c13-9(14)11(17,18)12(19,20)10(15,16)6-22-8(21)7-4-2-1-3-5-7/h7,9H,1-6H2. The summed E-state index contributed by atoms with van der Waals surface area (Å²) in [6.07, 6.45) is -2.30. The third-order valence-corrected chi connectivity index (χ3v) is 3.49. The fourth-order valence-electron chi connectivity index (χ4n) is 2.09. The predicted molar refractivity (Wildman–Crippen MR) is 58.4 cm³/mol. The van der Waals surface area contributed by atoms with Crippen LogP contribution < -0.4 is 0 Å². The Morgan fingerprint density at radius 1 is 1.00 bits per heavy atom. The van der Waals surface area contributed by atoms with E-state index < -0.39 is 42.7 Å². The molecule has 0 aromatic heterocycles. The summed E-state index contributed by atoms with van der Waals surface area (Å²) in [4.78, 5) is 11.4. The SMILES string of the molecule is O=C(OCC(F)(F)C(F)(F)C(F)(F)C(F)F)C1CCCCC1. The lowest BCUT2D eigenvalue weighted by atomic mass is 9.89. The Morgan fingerprint density at radius 3 is 1.95 bits per heavy atom. The van der Waals surface area contributed by atoms with E-state index >= 15 is 0 Å². The van der Waals surface area contributed by atoms with Gasteiger partial charge in [-0.1, -0.05) is 19.3 Å². The minimum atomic E-state index is -6.35. The highest BCUT2D eigenvalue weighted by Crippen LogP contribution is 2.48. The summed E-state index contributed by atoms with van der Waals surface area (Å²) < 4.78 is 105. The van der Waals surface area contributed by atoms with Gasteiger partial charge in [-0.3, -0.25) is 4.79 Å². The first-order valence-electron chi connectivity index (χ1n) is 6.51. The van der Waals surface area contributed by atoms with Crippen molar-refractivity contribution in [3.8, 4) is 0 Å². The van der Waals surface area contributed by atoms with Gasteiger partial charge in [0.15, 0.2) is 6.61 Å². The van der Waals surface area contributed by atoms with Crippen molar-refractivity contribution in [1.29, 1.82) is 0 Å². The number of carbonyl (C=O) groups excluding carboxylic acids is 1. The van der Waals surface area contributed by atoms with E-state index in [9.17, 15) is 39.9 Å². The van der Waals surface area contributed by atoms with Crippen LogP contribution in [0.3, 0.4) is 0 Å². The van der Waals surface area contributed by atoms with E-state index in [0.29, 0.717) is 25.7 Å². The van der Waals surface area contributed by atoms with Crippen LogP contribution in [0.4, 0.5) is 35.1 Å². The zero-order valence-corrected chi connectivity index (χ0v) is 11.2. The molecule has 0 heterocycles. The quantitative estimate of drug-likeness (QED) is 0.532. The Bertz CT molecular complexity index is 391. The largest absolute Gasteiger partial charge is 0.459 e. The predicted octanol–water partition coefficient (Wildman–Crippen LogP) is 4.28. The van der Waals surface area contributed by atoms with Crippen LogP contribution in [-0.4, -0.2) is 36.8 Å². The van der Waals surface area contributed by atoms with Crippen molar-refractivity contribution in [3.05, 3.63) is 0 Å². The summed E-state index contributed by atoms with van der Waals surface area (Å²) in [5, 5.41) is 0. The van der Waals surface area contributed by atoms with E-state index in [1.54, 1.807) is 0 Å². The molecule has 1 rings (SSSR count). The molecule has 0 amide bonds. The van der Waals surface area contributed by atoms with Gasteiger partial charge in [0.2, 0.25) is 0 Å². The summed E-state index contributed by atoms with van der Waals surface area (Å²) in [7, 11) is 0. The maximum Gasteiger partial charge on any atom is 0.381 e. The monoisotopic (exact) mass is 342 g/mol. The highest BCUT2D eigenvalue weighted by atomic mass is 19.4. The molecular formula is C12H14F8O2. The summed E-state index contributed by atoms with van der Waals surface area (Å²) in [5.41, 5.74) is 0. The molecular weight excluding hydrogens is 328 g/mol. The second-order valence-electron chi connectivity index (χ2n) is 5.15. The van der Waals surface area contributed by atoms with Gasteiger partial charge in [0.25, 0.3) is 0 Å². The molecule has 2 nitrogen and oxygen atoms in total. The number of ether oxygens (including phenoxy) is 1. The van der Waals surface area contributed by atoms with Crippen LogP contribution >= 0.6 is 0 Å². The van der Waals surface area contributed by atoms with Gasteiger partial charge in [-0.15, -0.1) is 0 Å². The number of carbonyl (C=O) groups is 1. The van der Waals surface area contributed by atoms with E-state index in [-0.39, 0.29) is 0 Å². The molecule has 0 aromatic carbocycles. The smallest absolute Gasteiger partial charge is 0.381 e. The molecule has 0 radical (unpaired) electrons. The van der Waals surface area contributed by atoms with Crippen LogP contribution in [0, 0.1) is 5.92 Å². The second kappa shape index (κ2) is 6.57. The van der Waals surface area contributed by atoms with Crippen LogP contribution in [0.1, 0.15) is 32.1 Å². The molecule has 0 unspecified atom stereocenters. The maximum atomic E-state index is 13.1. The third-order valence-electron chi connectivity index (χ3n) is 3.49. The fraction of sp³-hybridized carbons (Fsp3) is 0.917. The molecule has 1 aliphatic rings. The second-order valence-corrected chi connectivity index (χ2v) is 5.15. The zero-order chi connectivity index (χ0) is 17.2. The van der Waals surface area contributed by atoms with Crippen LogP contribution in [0.5, 0.6) is 0 Å². The van der Waals surface area contributed by atoms with Gasteiger partial charge in [0, 0.05) is 0 Å². The highest BCUT2D eigenvalue weighted by Gasteiger charge is 2.75. The Labute approximate surface area is 120 Å². The van der Waals surface area contributed by atoms with Gasteiger partial charge in [0.05, 0.1) is 5.92 Å². The summed E-state index contributed by atoms with van der Waals surface area (Å²) in [6.45, 7) is -2.38. The average Bonchev–Trinajstić information content (AvgIpc) is 2.45. The van der Waals surface area contributed by atoms with Crippen LogP contribution in [0.25, 0.3) is 0 Å². The van der Waals surface area contributed by atoms with Crippen molar-refractivity contribution in [3.63, 3.8) is 0 Å². The van der Waals surface area contributed by atoms with Gasteiger partial charge in [-0.2, -0.15) is 26.3 Å². The molecule has 22 heavy (non-hydrogen) atoms. The van der Waals surface area contributed by atoms with Gasteiger partial charge in [0.1, 0.15) is 0 Å². The van der Waals surface area contributed by atoms with E-state index in [0.717, 1.165) is 6.42 Å². The maximum absolute atomic E-state index is 13.1. The van der Waals surface area contributed by atoms with E-state index in [4.69, 9.17) is 0 Å². The van der Waals surface area contributed by atoms with Gasteiger partial charge < -0.3 is 4.74 Å². The normalized spacial score (nSPS) is 18.6. The van der Waals surface area contributed by atoms with Gasteiger partial charge in [-0.05, 0) is 12.8 Å². The van der Waals surface area contributed by atoms with Crippen molar-refractivity contribution >= 4 is 5.97 Å². The molecule has 130 valence electrons. The molecule has 10 heteroatoms. The number of alkyl halides is 8. The highest BCUT2D eigenvalue weighted by molar-refractivity contribution is 5.72. The first kappa shape index (κ1) is 19.0. The van der Waals surface area contributed by atoms with Crippen molar-refractivity contribution in [2.75, 3.05) is 6.61 Å². The van der Waals surface area contributed by atoms with E-state index in [1.807, 2.05) is 0 Å². The summed E-state index contributed by atoms with van der Waals surface area (Å²) in [5.74, 6) is -20.2. The lowest BCUT2D eigenvalue weighted by Crippen LogP contribution is -2.59. The van der Waals surface area contributed by atoms with Crippen molar-refractivity contribution in [2.45, 2.75) is 56.3 Å². The number of hydrogen-bond acceptors (Lipinski definition) is 2. The zero-order valence-electron chi connectivity index (χ0n) is 11.2. The van der Waals surface area contributed by atoms with Crippen molar-refractivity contribution in [2.24, 2.45) is 5.92 Å². The third kappa shape index (κ3) is 3.62. The van der Waals surface area contributed by atoms with E-state index in [2.05, 4.69) is 4.74 Å². The molecule has 1 fully saturated rings. The van der Waals surface area contributed by atoms with Crippen LogP contribution in [0.2, 0.25) is 0 Å². The Kier molecular flexibility index (Phi) is 5.66. The molecule has 0 bridgehead atoms. The van der Waals surface area contributed by atoms with Crippen molar-refractivity contribution in [1.82, 2.24) is 0 Å². The number of hydrogen-bond donors (Lipinski definition) is 0. The Hall–Kier alpha value is -1.09. The lowest BCUT2D eigenvalue weighted by Gasteiger charge is -2.32. The molecule has 1 saturated carbocycles. The average molecular weight is 342 g/mol.